The monoisotopic (exact) mass is 589 g/mol. The Morgan fingerprint density at radius 3 is 2.30 bits per heavy atom. The number of anilines is 1. The van der Waals surface area contributed by atoms with Crippen molar-refractivity contribution in [2.75, 3.05) is 18.0 Å². The van der Waals surface area contributed by atoms with Crippen LogP contribution in [0.3, 0.4) is 0 Å². The molecule has 0 unspecified atom stereocenters. The number of rotatable bonds is 12. The molecule has 2 amide bonds. The third-order valence-corrected chi connectivity index (χ3v) is 8.51. The molecule has 0 fully saturated rings. The van der Waals surface area contributed by atoms with Crippen LogP contribution in [0.2, 0.25) is 5.02 Å². The predicted molar refractivity (Wildman–Crippen MR) is 153 cm³/mol. The second kappa shape index (κ2) is 13.6. The number of nitrogens with zero attached hydrogens (tertiary/aromatic N) is 2. The molecular weight excluding hydrogens is 557 g/mol. The van der Waals surface area contributed by atoms with Crippen LogP contribution in [-0.2, 0) is 26.2 Å². The maximum Gasteiger partial charge on any atom is 0.264 e. The minimum atomic E-state index is -4.28. The van der Waals surface area contributed by atoms with Gasteiger partial charge >= 0.3 is 0 Å². The molecule has 8 nitrogen and oxygen atoms in total. The van der Waals surface area contributed by atoms with Crippen LogP contribution in [-0.4, -0.2) is 50.9 Å². The minimum absolute atomic E-state index is 0.0794. The Balaban J connectivity index is 2.04. The molecule has 0 heterocycles. The largest absolute Gasteiger partial charge is 0.497 e. The highest BCUT2D eigenvalue weighted by atomic mass is 35.5. The Morgan fingerprint density at radius 2 is 1.70 bits per heavy atom. The Kier molecular flexibility index (Phi) is 10.5. The summed E-state index contributed by atoms with van der Waals surface area (Å²) in [6.07, 6.45) is 0.669. The maximum absolute atomic E-state index is 14.6. The molecule has 0 saturated carbocycles. The van der Waals surface area contributed by atoms with Crippen LogP contribution in [0.4, 0.5) is 10.1 Å². The first-order valence-corrected chi connectivity index (χ1v) is 14.5. The van der Waals surface area contributed by atoms with Crippen molar-refractivity contribution in [3.63, 3.8) is 0 Å². The second-order valence-electron chi connectivity index (χ2n) is 9.27. The van der Waals surface area contributed by atoms with E-state index >= 15 is 0 Å². The minimum Gasteiger partial charge on any atom is -0.497 e. The van der Waals surface area contributed by atoms with Crippen molar-refractivity contribution >= 4 is 39.1 Å². The number of carbonyl (C=O) groups is 2. The molecule has 0 spiro atoms. The maximum atomic E-state index is 14.6. The van der Waals surface area contributed by atoms with Crippen LogP contribution >= 0.6 is 11.6 Å². The van der Waals surface area contributed by atoms with Gasteiger partial charge in [0.2, 0.25) is 11.8 Å². The van der Waals surface area contributed by atoms with E-state index in [0.29, 0.717) is 12.2 Å². The molecule has 3 rings (SSSR count). The fourth-order valence-corrected chi connectivity index (χ4v) is 5.48. The van der Waals surface area contributed by atoms with Gasteiger partial charge in [0.15, 0.2) is 0 Å². The molecule has 3 aromatic rings. The summed E-state index contributed by atoms with van der Waals surface area (Å²) in [5, 5.41) is 3.10. The number of ether oxygens (including phenoxy) is 1. The molecule has 0 radical (unpaired) electrons. The standard InChI is InChI=1S/C29H33ClFN3O5S/c1-5-20(2)32-29(36)21(3)33(18-22-9-6-7-12-27(22)31)28(35)19-34(24-11-8-10-23(30)17-24)40(37,38)26-15-13-25(39-4)14-16-26/h6-17,20-21H,5,18-19H2,1-4H3,(H,32,36)/t20-,21-/m1/s1. The first-order chi connectivity index (χ1) is 19.0. The van der Waals surface area contributed by atoms with Crippen LogP contribution in [0.25, 0.3) is 0 Å². The predicted octanol–water partition coefficient (Wildman–Crippen LogP) is 5.02. The molecule has 1 N–H and O–H groups in total. The fourth-order valence-electron chi connectivity index (χ4n) is 3.89. The van der Waals surface area contributed by atoms with Crippen molar-refractivity contribution in [3.05, 3.63) is 89.2 Å². The molecule has 40 heavy (non-hydrogen) atoms. The van der Waals surface area contributed by atoms with E-state index in [1.54, 1.807) is 18.2 Å². The van der Waals surface area contributed by atoms with Gasteiger partial charge in [-0.25, -0.2) is 12.8 Å². The highest BCUT2D eigenvalue weighted by molar-refractivity contribution is 7.92. The van der Waals surface area contributed by atoms with E-state index in [4.69, 9.17) is 16.3 Å². The number of halogens is 2. The van der Waals surface area contributed by atoms with Gasteiger partial charge in [-0.1, -0.05) is 42.8 Å². The van der Waals surface area contributed by atoms with E-state index in [9.17, 15) is 22.4 Å². The van der Waals surface area contributed by atoms with Gasteiger partial charge in [-0.2, -0.15) is 0 Å². The van der Waals surface area contributed by atoms with E-state index in [2.05, 4.69) is 5.32 Å². The van der Waals surface area contributed by atoms with Crippen molar-refractivity contribution in [2.45, 2.75) is 50.7 Å². The lowest BCUT2D eigenvalue weighted by atomic mass is 10.1. The average molecular weight is 590 g/mol. The van der Waals surface area contributed by atoms with Crippen LogP contribution in [0, 0.1) is 5.82 Å². The Bertz CT molecular complexity index is 1440. The Labute approximate surface area is 239 Å². The summed E-state index contributed by atoms with van der Waals surface area (Å²) in [5.74, 6) is -1.23. The van der Waals surface area contributed by atoms with Gasteiger partial charge in [0.05, 0.1) is 17.7 Å². The summed E-state index contributed by atoms with van der Waals surface area (Å²) in [6, 6.07) is 16.6. The van der Waals surface area contributed by atoms with Crippen LogP contribution in [0.15, 0.2) is 77.7 Å². The number of amides is 2. The summed E-state index contributed by atoms with van der Waals surface area (Å²) >= 11 is 6.17. The third kappa shape index (κ3) is 7.51. The molecule has 0 bridgehead atoms. The second-order valence-corrected chi connectivity index (χ2v) is 11.6. The summed E-state index contributed by atoms with van der Waals surface area (Å²) in [6.45, 7) is 4.36. The number of sulfonamides is 1. The highest BCUT2D eigenvalue weighted by Crippen LogP contribution is 2.28. The topological polar surface area (TPSA) is 96.0 Å². The smallest absolute Gasteiger partial charge is 0.264 e. The molecular formula is C29H33ClFN3O5S. The van der Waals surface area contributed by atoms with Gasteiger partial charge in [-0.3, -0.25) is 13.9 Å². The number of hydrogen-bond donors (Lipinski definition) is 1. The first kappa shape index (κ1) is 30.9. The SMILES string of the molecule is CC[C@@H](C)NC(=O)[C@@H](C)N(Cc1ccccc1F)C(=O)CN(c1cccc(Cl)c1)S(=O)(=O)c1ccc(OC)cc1. The van der Waals surface area contributed by atoms with Gasteiger partial charge in [-0.15, -0.1) is 0 Å². The number of methoxy groups -OCH3 is 1. The molecule has 214 valence electrons. The van der Waals surface area contributed by atoms with Crippen molar-refractivity contribution in [1.29, 1.82) is 0 Å². The Morgan fingerprint density at radius 1 is 1.02 bits per heavy atom. The summed E-state index contributed by atoms with van der Waals surface area (Å²) in [7, 11) is -2.82. The Hall–Kier alpha value is -3.63. The van der Waals surface area contributed by atoms with Crippen molar-refractivity contribution in [2.24, 2.45) is 0 Å². The highest BCUT2D eigenvalue weighted by Gasteiger charge is 2.33. The van der Waals surface area contributed by atoms with Crippen LogP contribution in [0.1, 0.15) is 32.8 Å². The van der Waals surface area contributed by atoms with E-state index in [-0.39, 0.29) is 33.8 Å². The van der Waals surface area contributed by atoms with Gasteiger partial charge in [0.25, 0.3) is 10.0 Å². The zero-order valence-electron chi connectivity index (χ0n) is 22.8. The summed E-state index contributed by atoms with van der Waals surface area (Å²) < 4.78 is 48.3. The zero-order valence-corrected chi connectivity index (χ0v) is 24.4. The van der Waals surface area contributed by atoms with E-state index < -0.39 is 40.2 Å². The molecule has 11 heteroatoms. The van der Waals surface area contributed by atoms with E-state index in [0.717, 1.165) is 4.31 Å². The van der Waals surface area contributed by atoms with Crippen molar-refractivity contribution in [3.8, 4) is 5.75 Å². The summed E-state index contributed by atoms with van der Waals surface area (Å²) in [5.41, 5.74) is 0.338. The quantitative estimate of drug-likeness (QED) is 0.320. The van der Waals surface area contributed by atoms with Gasteiger partial charge in [-0.05, 0) is 68.8 Å². The number of benzene rings is 3. The van der Waals surface area contributed by atoms with Gasteiger partial charge < -0.3 is 15.0 Å². The fraction of sp³-hybridized carbons (Fsp3) is 0.310. The lowest BCUT2D eigenvalue weighted by Gasteiger charge is -2.32. The van der Waals surface area contributed by atoms with Crippen molar-refractivity contribution in [1.82, 2.24) is 10.2 Å². The van der Waals surface area contributed by atoms with E-state index in [1.807, 2.05) is 13.8 Å². The molecule has 3 aromatic carbocycles. The molecule has 0 aliphatic carbocycles. The molecule has 0 aliphatic rings. The van der Waals surface area contributed by atoms with Crippen LogP contribution < -0.4 is 14.4 Å². The number of hydrogen-bond acceptors (Lipinski definition) is 5. The number of carbonyl (C=O) groups excluding carboxylic acids is 2. The van der Waals surface area contributed by atoms with Crippen molar-refractivity contribution < 1.29 is 27.1 Å². The molecule has 2 atom stereocenters. The lowest BCUT2D eigenvalue weighted by molar-refractivity contribution is -0.139. The normalized spacial score (nSPS) is 12.8. The molecule has 0 aliphatic heterocycles. The third-order valence-electron chi connectivity index (χ3n) is 6.49. The van der Waals surface area contributed by atoms with Gasteiger partial charge in [0, 0.05) is 23.2 Å². The lowest BCUT2D eigenvalue weighted by Crippen LogP contribution is -2.52. The number of nitrogens with one attached hydrogen (secondary N) is 1. The zero-order chi connectivity index (χ0) is 29.4. The van der Waals surface area contributed by atoms with Crippen LogP contribution in [0.5, 0.6) is 5.75 Å². The molecule has 0 aromatic heterocycles. The summed E-state index contributed by atoms with van der Waals surface area (Å²) in [4.78, 5) is 28.0. The van der Waals surface area contributed by atoms with Gasteiger partial charge in [0.1, 0.15) is 24.2 Å². The average Bonchev–Trinajstić information content (AvgIpc) is 2.94. The van der Waals surface area contributed by atoms with E-state index in [1.165, 1.54) is 73.5 Å². The molecule has 0 saturated heterocycles. The first-order valence-electron chi connectivity index (χ1n) is 12.7.